The normalized spacial score (nSPS) is 11.4. The predicted molar refractivity (Wildman–Crippen MR) is 105 cm³/mol. The molecular weight excluding hydrogens is 346 g/mol. The van der Waals surface area contributed by atoms with Crippen molar-refractivity contribution in [3.05, 3.63) is 74.8 Å². The van der Waals surface area contributed by atoms with Gasteiger partial charge in [0.25, 0.3) is 5.56 Å². The van der Waals surface area contributed by atoms with Crippen molar-refractivity contribution < 1.29 is 4.74 Å². The van der Waals surface area contributed by atoms with Gasteiger partial charge in [-0.2, -0.15) is 0 Å². The lowest BCUT2D eigenvalue weighted by Gasteiger charge is -2.22. The third kappa shape index (κ3) is 6.03. The van der Waals surface area contributed by atoms with Crippen LogP contribution >= 0.6 is 0 Å². The van der Waals surface area contributed by atoms with Crippen molar-refractivity contribution in [2.45, 2.75) is 32.2 Å². The highest BCUT2D eigenvalue weighted by molar-refractivity contribution is 5.33. The van der Waals surface area contributed by atoms with E-state index in [0.29, 0.717) is 19.5 Å². The summed E-state index contributed by atoms with van der Waals surface area (Å²) in [5, 5.41) is 1.65. The van der Waals surface area contributed by atoms with E-state index in [9.17, 15) is 9.59 Å². The first kappa shape index (κ1) is 20.3. The van der Waals surface area contributed by atoms with E-state index < -0.39 is 11.2 Å². The first-order valence-corrected chi connectivity index (χ1v) is 8.90. The summed E-state index contributed by atoms with van der Waals surface area (Å²) in [4.78, 5) is 24.9. The van der Waals surface area contributed by atoms with Gasteiger partial charge in [0, 0.05) is 37.2 Å². The molecule has 0 amide bonds. The Labute approximate surface area is 158 Å². The van der Waals surface area contributed by atoms with E-state index in [1.54, 1.807) is 12.1 Å². The fourth-order valence-electron chi connectivity index (χ4n) is 2.83. The summed E-state index contributed by atoms with van der Waals surface area (Å²) in [6.45, 7) is 1.14. The van der Waals surface area contributed by atoms with Gasteiger partial charge < -0.3 is 20.0 Å². The molecule has 0 aliphatic heterocycles. The van der Waals surface area contributed by atoms with Gasteiger partial charge in [0.05, 0.1) is 7.11 Å². The van der Waals surface area contributed by atoms with Gasteiger partial charge in [0.15, 0.2) is 0 Å². The van der Waals surface area contributed by atoms with E-state index in [1.165, 1.54) is 23.0 Å². The van der Waals surface area contributed by atoms with Crippen LogP contribution in [0.15, 0.2) is 58.0 Å². The summed E-state index contributed by atoms with van der Waals surface area (Å²) in [6.07, 6.45) is 6.06. The van der Waals surface area contributed by atoms with Gasteiger partial charge in [0.2, 0.25) is 0 Å². The van der Waals surface area contributed by atoms with Crippen LogP contribution in [0.3, 0.4) is 0 Å². The molecular formula is C19H27N5O3. The molecule has 146 valence electrons. The number of unbranched alkanes of at least 4 members (excludes halogenated alkanes) is 1. The molecule has 0 aliphatic rings. The molecule has 0 atom stereocenters. The molecule has 8 heteroatoms. The molecule has 0 radical (unpaired) electrons. The van der Waals surface area contributed by atoms with Crippen molar-refractivity contribution in [2.75, 3.05) is 13.7 Å². The monoisotopic (exact) mass is 373 g/mol. The lowest BCUT2D eigenvalue weighted by atomic mass is 10.1. The molecule has 27 heavy (non-hydrogen) atoms. The zero-order valence-electron chi connectivity index (χ0n) is 15.6. The summed E-state index contributed by atoms with van der Waals surface area (Å²) in [5.41, 5.74) is 6.88. The van der Waals surface area contributed by atoms with E-state index in [4.69, 9.17) is 16.3 Å². The number of para-hydroxylation sites is 1. The molecule has 5 N–H and O–H groups in total. The van der Waals surface area contributed by atoms with Crippen molar-refractivity contribution in [1.29, 1.82) is 0 Å². The maximum Gasteiger partial charge on any atom is 0.328 e. The number of benzene rings is 1. The van der Waals surface area contributed by atoms with Crippen LogP contribution in [-0.2, 0) is 13.0 Å². The lowest BCUT2D eigenvalue weighted by Crippen LogP contribution is -2.33. The number of hydrogen-bond donors (Lipinski definition) is 3. The minimum atomic E-state index is -0.394. The maximum absolute atomic E-state index is 11.6. The van der Waals surface area contributed by atoms with Crippen molar-refractivity contribution in [1.82, 2.24) is 14.6 Å². The largest absolute Gasteiger partial charge is 0.496 e. The Morgan fingerprint density at radius 3 is 2.74 bits per heavy atom. The number of hydrogen-bond acceptors (Lipinski definition) is 6. The van der Waals surface area contributed by atoms with Crippen LogP contribution in [-0.4, -0.2) is 28.2 Å². The van der Waals surface area contributed by atoms with Gasteiger partial charge in [-0.25, -0.2) is 10.6 Å². The van der Waals surface area contributed by atoms with Crippen LogP contribution in [0.25, 0.3) is 0 Å². The Kier molecular flexibility index (Phi) is 7.69. The molecule has 1 aromatic heterocycles. The number of rotatable bonds is 10. The number of aromatic amines is 1. The van der Waals surface area contributed by atoms with Gasteiger partial charge in [-0.1, -0.05) is 18.2 Å². The molecule has 0 bridgehead atoms. The molecule has 0 saturated carbocycles. The Morgan fingerprint density at radius 1 is 1.26 bits per heavy atom. The molecule has 2 aromatic rings. The summed E-state index contributed by atoms with van der Waals surface area (Å²) >= 11 is 0. The van der Waals surface area contributed by atoms with Crippen LogP contribution in [0.5, 0.6) is 5.75 Å². The van der Waals surface area contributed by atoms with E-state index in [1.807, 2.05) is 24.3 Å². The molecule has 0 fully saturated rings. The number of H-pyrrole nitrogens is 1. The zero-order chi connectivity index (χ0) is 19.6. The smallest absolute Gasteiger partial charge is 0.328 e. The SMILES string of the molecule is COc1ccccc1CCN(N)/C(=C\N)CCCCn1ccc(=O)[nH]c1=O. The number of hydrazine groups is 1. The molecule has 0 aliphatic carbocycles. The Hall–Kier alpha value is -3.00. The fraction of sp³-hybridized carbons (Fsp3) is 0.368. The molecule has 1 heterocycles. The fourth-order valence-corrected chi connectivity index (χ4v) is 2.83. The molecule has 2 rings (SSSR count). The highest BCUT2D eigenvalue weighted by Gasteiger charge is 2.08. The molecule has 0 spiro atoms. The first-order valence-electron chi connectivity index (χ1n) is 8.90. The quantitative estimate of drug-likeness (QED) is 0.324. The highest BCUT2D eigenvalue weighted by Crippen LogP contribution is 2.18. The second kappa shape index (κ2) is 10.2. The number of methoxy groups -OCH3 is 1. The van der Waals surface area contributed by atoms with Crippen LogP contribution in [0.2, 0.25) is 0 Å². The number of aromatic nitrogens is 2. The van der Waals surface area contributed by atoms with Crippen LogP contribution < -0.4 is 27.6 Å². The zero-order valence-corrected chi connectivity index (χ0v) is 15.6. The summed E-state index contributed by atoms with van der Waals surface area (Å²) in [5.74, 6) is 6.99. The summed E-state index contributed by atoms with van der Waals surface area (Å²) in [6, 6.07) is 9.18. The van der Waals surface area contributed by atoms with Gasteiger partial charge in [-0.15, -0.1) is 0 Å². The summed E-state index contributed by atoms with van der Waals surface area (Å²) in [7, 11) is 1.65. The van der Waals surface area contributed by atoms with Crippen molar-refractivity contribution in [2.24, 2.45) is 11.6 Å². The number of allylic oxidation sites excluding steroid dienone is 1. The van der Waals surface area contributed by atoms with Gasteiger partial charge >= 0.3 is 5.69 Å². The highest BCUT2D eigenvalue weighted by atomic mass is 16.5. The lowest BCUT2D eigenvalue weighted by molar-refractivity contribution is 0.340. The van der Waals surface area contributed by atoms with Crippen molar-refractivity contribution in [3.63, 3.8) is 0 Å². The van der Waals surface area contributed by atoms with E-state index in [2.05, 4.69) is 4.98 Å². The third-order valence-electron chi connectivity index (χ3n) is 4.35. The first-order chi connectivity index (χ1) is 13.0. The number of nitrogens with zero attached hydrogens (tertiary/aromatic N) is 2. The van der Waals surface area contributed by atoms with Crippen LogP contribution in [0.4, 0.5) is 0 Å². The van der Waals surface area contributed by atoms with E-state index >= 15 is 0 Å². The number of ether oxygens (including phenoxy) is 1. The van der Waals surface area contributed by atoms with E-state index in [-0.39, 0.29) is 0 Å². The van der Waals surface area contributed by atoms with Crippen LogP contribution in [0.1, 0.15) is 24.8 Å². The van der Waals surface area contributed by atoms with Gasteiger partial charge in [0.1, 0.15) is 5.75 Å². The Bertz CT molecular complexity index is 872. The molecule has 1 aromatic carbocycles. The van der Waals surface area contributed by atoms with E-state index in [0.717, 1.165) is 36.3 Å². The average Bonchev–Trinajstić information content (AvgIpc) is 2.67. The molecule has 0 saturated heterocycles. The topological polar surface area (TPSA) is 119 Å². The minimum absolute atomic E-state index is 0.390. The second-order valence-electron chi connectivity index (χ2n) is 6.17. The number of aryl methyl sites for hydroxylation is 1. The minimum Gasteiger partial charge on any atom is -0.496 e. The van der Waals surface area contributed by atoms with Crippen molar-refractivity contribution in [3.8, 4) is 5.75 Å². The third-order valence-corrected chi connectivity index (χ3v) is 4.35. The average molecular weight is 373 g/mol. The van der Waals surface area contributed by atoms with Gasteiger partial charge in [-0.05, 0) is 37.3 Å². The Morgan fingerprint density at radius 2 is 2.04 bits per heavy atom. The van der Waals surface area contributed by atoms with Crippen LogP contribution in [0, 0.1) is 0 Å². The number of nitrogens with two attached hydrogens (primary N) is 2. The second-order valence-corrected chi connectivity index (χ2v) is 6.17. The Balaban J connectivity index is 1.80. The summed E-state index contributed by atoms with van der Waals surface area (Å²) < 4.78 is 6.84. The maximum atomic E-state index is 11.6. The van der Waals surface area contributed by atoms with Gasteiger partial charge in [-0.3, -0.25) is 9.78 Å². The molecule has 0 unspecified atom stereocenters. The van der Waals surface area contributed by atoms with Crippen molar-refractivity contribution >= 4 is 0 Å². The predicted octanol–water partition coefficient (Wildman–Crippen LogP) is 0.934. The standard InChI is InChI=1S/C19H27N5O3/c1-27-17-8-3-2-6-15(17)9-13-24(21)16(14-20)7-4-5-11-23-12-10-18(25)22-19(23)26/h2-3,6,8,10,12,14H,4-5,7,9,11,13,20-21H2,1H3,(H,22,25,26)/b16-14-. The molecule has 8 nitrogen and oxygen atoms in total. The number of nitrogens with one attached hydrogen (secondary N) is 1.